The second-order valence-corrected chi connectivity index (χ2v) is 7.21. The third-order valence-corrected chi connectivity index (χ3v) is 5.39. The van der Waals surface area contributed by atoms with Gasteiger partial charge in [0, 0.05) is 44.5 Å². The zero-order valence-corrected chi connectivity index (χ0v) is 14.9. The lowest BCUT2D eigenvalue weighted by Crippen LogP contribution is -2.40. The number of hydrogen-bond donors (Lipinski definition) is 0. The smallest absolute Gasteiger partial charge is 0.228 e. The molecule has 7 heteroatoms. The molecule has 2 aromatic rings. The Morgan fingerprint density at radius 3 is 2.80 bits per heavy atom. The van der Waals surface area contributed by atoms with Crippen LogP contribution in [0.3, 0.4) is 0 Å². The molecule has 7 nitrogen and oxygen atoms in total. The van der Waals surface area contributed by atoms with Crippen LogP contribution in [-0.2, 0) is 24.4 Å². The van der Waals surface area contributed by atoms with Gasteiger partial charge in [-0.3, -0.25) is 14.4 Å². The van der Waals surface area contributed by atoms with Gasteiger partial charge in [-0.2, -0.15) is 5.10 Å². The van der Waals surface area contributed by atoms with Crippen molar-refractivity contribution in [2.24, 2.45) is 5.92 Å². The number of rotatable bonds is 3. The maximum Gasteiger partial charge on any atom is 0.228 e. The number of fused-ring (bicyclic) bond motifs is 1. The van der Waals surface area contributed by atoms with E-state index in [1.54, 1.807) is 0 Å². The summed E-state index contributed by atoms with van der Waals surface area (Å²) in [5.74, 6) is 1.07. The Morgan fingerprint density at radius 2 is 2.08 bits per heavy atom. The first-order valence-corrected chi connectivity index (χ1v) is 9.05. The van der Waals surface area contributed by atoms with Crippen LogP contribution in [0.2, 0.25) is 0 Å². The normalized spacial score (nSPS) is 21.4. The van der Waals surface area contributed by atoms with E-state index in [0.29, 0.717) is 6.54 Å². The van der Waals surface area contributed by atoms with Crippen LogP contribution in [-0.4, -0.2) is 50.3 Å². The fourth-order valence-electron chi connectivity index (χ4n) is 3.95. The topological polar surface area (TPSA) is 67.4 Å². The molecule has 1 saturated heterocycles. The van der Waals surface area contributed by atoms with Crippen LogP contribution in [0.25, 0.3) is 0 Å². The largest absolute Gasteiger partial charge is 0.361 e. The van der Waals surface area contributed by atoms with Crippen molar-refractivity contribution in [3.05, 3.63) is 35.0 Å². The molecule has 0 N–H and O–H groups in total. The first-order chi connectivity index (χ1) is 12.1. The molecule has 4 rings (SSSR count). The first kappa shape index (κ1) is 16.3. The lowest BCUT2D eigenvalue weighted by Gasteiger charge is -2.26. The molecule has 1 fully saturated rings. The third kappa shape index (κ3) is 3.20. The zero-order chi connectivity index (χ0) is 17.4. The van der Waals surface area contributed by atoms with Gasteiger partial charge < -0.3 is 9.42 Å². The fourth-order valence-corrected chi connectivity index (χ4v) is 3.95. The molecule has 2 aliphatic rings. The molecule has 1 atom stereocenters. The van der Waals surface area contributed by atoms with Crippen LogP contribution >= 0.6 is 0 Å². The molecule has 0 saturated carbocycles. The maximum atomic E-state index is 13.0. The summed E-state index contributed by atoms with van der Waals surface area (Å²) >= 11 is 0. The van der Waals surface area contributed by atoms with Crippen molar-refractivity contribution in [3.8, 4) is 0 Å². The second kappa shape index (κ2) is 6.63. The Kier molecular flexibility index (Phi) is 4.33. The van der Waals surface area contributed by atoms with Gasteiger partial charge in [0.05, 0.1) is 23.9 Å². The standard InChI is InChI=1S/C18H25N5O2/c1-13-17(14(2)25-20-13)12-21-9-15(18(24)22-7-3-4-8-22)10-23-16(11-21)5-6-19-23/h5-6,15H,3-4,7-12H2,1-2H3. The van der Waals surface area contributed by atoms with E-state index in [0.717, 1.165) is 68.3 Å². The molecule has 2 aliphatic heterocycles. The number of aryl methyl sites for hydroxylation is 2. The molecule has 0 aliphatic carbocycles. The van der Waals surface area contributed by atoms with Gasteiger partial charge in [-0.05, 0) is 32.8 Å². The summed E-state index contributed by atoms with van der Waals surface area (Å²) in [7, 11) is 0. The third-order valence-electron chi connectivity index (χ3n) is 5.39. The first-order valence-electron chi connectivity index (χ1n) is 9.05. The van der Waals surface area contributed by atoms with E-state index in [9.17, 15) is 4.79 Å². The highest BCUT2D eigenvalue weighted by Crippen LogP contribution is 2.23. The van der Waals surface area contributed by atoms with Crippen molar-refractivity contribution in [1.29, 1.82) is 0 Å². The summed E-state index contributed by atoms with van der Waals surface area (Å²) in [6.07, 6.45) is 4.06. The average Bonchev–Trinajstić information content (AvgIpc) is 3.31. The minimum Gasteiger partial charge on any atom is -0.361 e. The van der Waals surface area contributed by atoms with E-state index in [4.69, 9.17) is 4.52 Å². The highest BCUT2D eigenvalue weighted by atomic mass is 16.5. The maximum absolute atomic E-state index is 13.0. The molecule has 1 amide bonds. The molecule has 0 spiro atoms. The molecule has 0 radical (unpaired) electrons. The van der Waals surface area contributed by atoms with E-state index in [-0.39, 0.29) is 11.8 Å². The van der Waals surface area contributed by atoms with E-state index in [2.05, 4.69) is 15.2 Å². The van der Waals surface area contributed by atoms with Crippen molar-refractivity contribution in [1.82, 2.24) is 24.7 Å². The lowest BCUT2D eigenvalue weighted by atomic mass is 10.1. The predicted molar refractivity (Wildman–Crippen MR) is 91.6 cm³/mol. The van der Waals surface area contributed by atoms with Gasteiger partial charge in [0.15, 0.2) is 0 Å². The summed E-state index contributed by atoms with van der Waals surface area (Å²) in [5, 5.41) is 8.49. The number of carbonyl (C=O) groups excluding carboxylic acids is 1. The van der Waals surface area contributed by atoms with Gasteiger partial charge in [0.25, 0.3) is 0 Å². The van der Waals surface area contributed by atoms with Gasteiger partial charge in [-0.1, -0.05) is 5.16 Å². The lowest BCUT2D eigenvalue weighted by molar-refractivity contribution is -0.135. The molecular formula is C18H25N5O2. The summed E-state index contributed by atoms with van der Waals surface area (Å²) in [6.45, 7) is 8.64. The van der Waals surface area contributed by atoms with Crippen LogP contribution in [0, 0.1) is 19.8 Å². The van der Waals surface area contributed by atoms with E-state index in [1.807, 2.05) is 35.7 Å². The number of likely N-dealkylation sites (tertiary alicyclic amines) is 1. The van der Waals surface area contributed by atoms with E-state index < -0.39 is 0 Å². The molecule has 2 aromatic heterocycles. The quantitative estimate of drug-likeness (QED) is 0.849. The minimum absolute atomic E-state index is 0.0558. The highest BCUT2D eigenvalue weighted by Gasteiger charge is 2.32. The Labute approximate surface area is 147 Å². The van der Waals surface area contributed by atoms with Gasteiger partial charge >= 0.3 is 0 Å². The van der Waals surface area contributed by atoms with Crippen molar-refractivity contribution in [2.45, 2.75) is 46.3 Å². The predicted octanol–water partition coefficient (Wildman–Crippen LogP) is 1.74. The van der Waals surface area contributed by atoms with E-state index in [1.165, 1.54) is 0 Å². The Hall–Kier alpha value is -2.15. The van der Waals surface area contributed by atoms with Crippen molar-refractivity contribution in [2.75, 3.05) is 19.6 Å². The Morgan fingerprint density at radius 1 is 1.28 bits per heavy atom. The average molecular weight is 343 g/mol. The zero-order valence-electron chi connectivity index (χ0n) is 14.9. The molecule has 134 valence electrons. The van der Waals surface area contributed by atoms with Gasteiger partial charge in [0.1, 0.15) is 5.76 Å². The molecule has 1 unspecified atom stereocenters. The number of nitrogens with zero attached hydrogens (tertiary/aromatic N) is 5. The summed E-state index contributed by atoms with van der Waals surface area (Å²) in [5.41, 5.74) is 3.21. The summed E-state index contributed by atoms with van der Waals surface area (Å²) in [4.78, 5) is 17.3. The highest BCUT2D eigenvalue weighted by molar-refractivity contribution is 5.79. The van der Waals surface area contributed by atoms with Crippen LogP contribution in [0.4, 0.5) is 0 Å². The van der Waals surface area contributed by atoms with Crippen LogP contribution in [0.1, 0.15) is 35.6 Å². The monoisotopic (exact) mass is 343 g/mol. The molecule has 0 bridgehead atoms. The Bertz CT molecular complexity index is 740. The number of amides is 1. The molecule has 0 aromatic carbocycles. The molecule has 25 heavy (non-hydrogen) atoms. The van der Waals surface area contributed by atoms with Gasteiger partial charge in [-0.25, -0.2) is 0 Å². The number of hydrogen-bond acceptors (Lipinski definition) is 5. The fraction of sp³-hybridized carbons (Fsp3) is 0.611. The van der Waals surface area contributed by atoms with Crippen molar-refractivity contribution < 1.29 is 9.32 Å². The molecule has 4 heterocycles. The molecular weight excluding hydrogens is 318 g/mol. The minimum atomic E-state index is -0.0558. The van der Waals surface area contributed by atoms with Gasteiger partial charge in [-0.15, -0.1) is 0 Å². The summed E-state index contributed by atoms with van der Waals surface area (Å²) < 4.78 is 7.30. The van der Waals surface area contributed by atoms with Crippen LogP contribution in [0.5, 0.6) is 0 Å². The Balaban J connectivity index is 1.58. The van der Waals surface area contributed by atoms with Crippen molar-refractivity contribution >= 4 is 5.91 Å². The SMILES string of the molecule is Cc1noc(C)c1CN1Cc2ccnn2CC(C(=O)N2CCCC2)C1. The summed E-state index contributed by atoms with van der Waals surface area (Å²) in [6, 6.07) is 2.04. The number of carbonyl (C=O) groups is 1. The van der Waals surface area contributed by atoms with Crippen LogP contribution < -0.4 is 0 Å². The van der Waals surface area contributed by atoms with Crippen LogP contribution in [0.15, 0.2) is 16.8 Å². The second-order valence-electron chi connectivity index (χ2n) is 7.21. The van der Waals surface area contributed by atoms with Crippen molar-refractivity contribution in [3.63, 3.8) is 0 Å². The van der Waals surface area contributed by atoms with E-state index >= 15 is 0 Å². The number of aromatic nitrogens is 3. The van der Waals surface area contributed by atoms with Gasteiger partial charge in [0.2, 0.25) is 5.91 Å².